The summed E-state index contributed by atoms with van der Waals surface area (Å²) in [6.07, 6.45) is 9.08. The van der Waals surface area contributed by atoms with Crippen LogP contribution in [0.5, 0.6) is 0 Å². The molecule has 2 aromatic heterocycles. The standard InChI is InChI=1S/2C7H10N2.C6H10.CH3.2ClH.Ru/c2*1-9(2)7-3-5-8-6-4-7;1-5-6(2,3)4;;;;/h2*3-6H,1-2H3;5H,2-4H3;1H3;2*1H;/q;;;-1;;;+2/p-2. The van der Waals surface area contributed by atoms with Crippen LogP contribution in [0.2, 0.25) is 0 Å². The average molecular weight is 513 g/mol. The zero-order valence-electron chi connectivity index (χ0n) is 18.1. The number of anilines is 2. The van der Waals surface area contributed by atoms with Gasteiger partial charge < -0.3 is 17.2 Å². The van der Waals surface area contributed by atoms with Crippen molar-refractivity contribution in [3.05, 3.63) is 62.6 Å². The minimum absolute atomic E-state index is 0. The van der Waals surface area contributed by atoms with Gasteiger partial charge in [-0.15, -0.1) is 0 Å². The molecule has 2 heterocycles. The van der Waals surface area contributed by atoms with Gasteiger partial charge in [-0.2, -0.15) is 0 Å². The van der Waals surface area contributed by atoms with Crippen LogP contribution in [0.4, 0.5) is 11.4 Å². The van der Waals surface area contributed by atoms with Gasteiger partial charge in [0.1, 0.15) is 0 Å². The van der Waals surface area contributed by atoms with Crippen molar-refractivity contribution in [3.63, 3.8) is 0 Å². The van der Waals surface area contributed by atoms with E-state index in [4.69, 9.17) is 19.4 Å². The van der Waals surface area contributed by atoms with Crippen molar-refractivity contribution in [1.29, 1.82) is 0 Å². The maximum atomic E-state index is 5.55. The molecule has 0 unspecified atom stereocenters. The fourth-order valence-corrected chi connectivity index (χ4v) is 2.87. The average Bonchev–Trinajstić information content (AvgIpc) is 2.62. The van der Waals surface area contributed by atoms with Crippen LogP contribution in [-0.4, -0.2) is 42.4 Å². The van der Waals surface area contributed by atoms with Gasteiger partial charge in [-0.3, -0.25) is 9.97 Å². The van der Waals surface area contributed by atoms with E-state index < -0.39 is 13.5 Å². The Kier molecular flexibility index (Phi) is 16.2. The predicted octanol–water partition coefficient (Wildman–Crippen LogP) is 5.66. The van der Waals surface area contributed by atoms with Gasteiger partial charge in [0.05, 0.1) is 0 Å². The zero-order chi connectivity index (χ0) is 20.9. The van der Waals surface area contributed by atoms with E-state index in [0.29, 0.717) is 0 Å². The second-order valence-electron chi connectivity index (χ2n) is 7.00. The van der Waals surface area contributed by atoms with Gasteiger partial charge in [-0.05, 0) is 24.3 Å². The number of halogens is 2. The first-order chi connectivity index (χ1) is 12.5. The number of allylic oxidation sites excluding steroid dienone is 1. The van der Waals surface area contributed by atoms with Crippen LogP contribution in [0.1, 0.15) is 20.8 Å². The van der Waals surface area contributed by atoms with E-state index in [1.807, 2.05) is 68.3 Å². The van der Waals surface area contributed by atoms with Crippen LogP contribution in [0, 0.1) is 12.8 Å². The Morgan fingerprint density at radius 3 is 1.29 bits per heavy atom. The molecule has 0 saturated carbocycles. The van der Waals surface area contributed by atoms with E-state index in [1.54, 1.807) is 24.8 Å². The van der Waals surface area contributed by atoms with Gasteiger partial charge in [0.15, 0.2) is 0 Å². The summed E-state index contributed by atoms with van der Waals surface area (Å²) in [7, 11) is 19.1. The van der Waals surface area contributed by atoms with Crippen LogP contribution in [0.25, 0.3) is 0 Å². The normalized spacial score (nSPS) is 9.82. The Labute approximate surface area is 184 Å². The van der Waals surface area contributed by atoms with Gasteiger partial charge in [0, 0.05) is 64.4 Å². The van der Waals surface area contributed by atoms with Crippen molar-refractivity contribution in [2.75, 3.05) is 38.0 Å². The SMILES string of the molecule is CC(C)(C)C=[C]=[Ru]([Cl])[Cl].CN(C)c1ccncc1.CN(C)c1ccncc1.[CH3-]. The Morgan fingerprint density at radius 1 is 0.821 bits per heavy atom. The van der Waals surface area contributed by atoms with Crippen molar-refractivity contribution in [1.82, 2.24) is 9.97 Å². The number of rotatable bonds is 2. The molecule has 0 aliphatic heterocycles. The number of hydrogen-bond acceptors (Lipinski definition) is 4. The minimum atomic E-state index is -1.67. The Bertz CT molecular complexity index is 646. The van der Waals surface area contributed by atoms with Crippen molar-refractivity contribution >= 4 is 35.0 Å². The number of nitrogens with zero attached hydrogens (tertiary/aromatic N) is 4. The molecule has 0 N–H and O–H groups in total. The maximum Gasteiger partial charge on any atom is 0.0391 e. The molecular weight excluding hydrogens is 480 g/mol. The third kappa shape index (κ3) is 16.9. The predicted molar refractivity (Wildman–Crippen MR) is 124 cm³/mol. The number of aromatic nitrogens is 2. The van der Waals surface area contributed by atoms with E-state index >= 15 is 0 Å². The van der Waals surface area contributed by atoms with Crippen LogP contribution in [0.3, 0.4) is 0 Å². The van der Waals surface area contributed by atoms with Crippen LogP contribution in [0.15, 0.2) is 55.1 Å². The largest absolute Gasteiger partial charge is 0.378 e. The van der Waals surface area contributed by atoms with E-state index in [-0.39, 0.29) is 12.8 Å². The van der Waals surface area contributed by atoms with E-state index in [2.05, 4.69) is 35.0 Å². The van der Waals surface area contributed by atoms with Crippen molar-refractivity contribution in [3.8, 4) is 0 Å². The van der Waals surface area contributed by atoms with Crippen LogP contribution < -0.4 is 9.80 Å². The third-order valence-corrected chi connectivity index (χ3v) is 4.46. The summed E-state index contributed by atoms with van der Waals surface area (Å²) in [5.74, 6) is 0. The second kappa shape index (κ2) is 15.7. The van der Waals surface area contributed by atoms with Gasteiger partial charge in [0.2, 0.25) is 0 Å². The molecule has 2 aromatic rings. The van der Waals surface area contributed by atoms with Gasteiger partial charge in [0.25, 0.3) is 0 Å². The first-order valence-electron chi connectivity index (χ1n) is 8.28. The van der Waals surface area contributed by atoms with Crippen molar-refractivity contribution < 1.29 is 13.5 Å². The molecule has 28 heavy (non-hydrogen) atoms. The van der Waals surface area contributed by atoms with Gasteiger partial charge >= 0.3 is 69.4 Å². The summed E-state index contributed by atoms with van der Waals surface area (Å²) in [5, 5.41) is 0. The van der Waals surface area contributed by atoms with E-state index in [9.17, 15) is 0 Å². The summed E-state index contributed by atoms with van der Waals surface area (Å²) >= 11 is -1.67. The molecule has 0 fully saturated rings. The summed E-state index contributed by atoms with van der Waals surface area (Å²) in [4.78, 5) is 11.9. The first kappa shape index (κ1) is 29.0. The molecule has 0 aliphatic rings. The molecule has 0 atom stereocenters. The summed E-state index contributed by atoms with van der Waals surface area (Å²) in [5.41, 5.74) is 2.53. The molecule has 7 heteroatoms. The Balaban J connectivity index is 0. The van der Waals surface area contributed by atoms with Gasteiger partial charge in [-0.1, -0.05) is 0 Å². The topological polar surface area (TPSA) is 32.3 Å². The zero-order valence-corrected chi connectivity index (χ0v) is 21.3. The summed E-state index contributed by atoms with van der Waals surface area (Å²) in [6.45, 7) is 6.27. The molecule has 4 nitrogen and oxygen atoms in total. The molecular formula is C21H33Cl2N4Ru-. The van der Waals surface area contributed by atoms with Crippen molar-refractivity contribution in [2.45, 2.75) is 20.8 Å². The Hall–Kier alpha value is -1.25. The van der Waals surface area contributed by atoms with Crippen molar-refractivity contribution in [2.24, 2.45) is 5.41 Å². The second-order valence-corrected chi connectivity index (χ2v) is 12.4. The molecule has 0 saturated heterocycles. The molecule has 160 valence electrons. The van der Waals surface area contributed by atoms with Crippen LogP contribution in [-0.2, 0) is 13.5 Å². The molecule has 2 rings (SSSR count). The van der Waals surface area contributed by atoms with Gasteiger partial charge in [-0.25, -0.2) is 0 Å². The first-order valence-corrected chi connectivity index (χ1v) is 13.6. The number of hydrogen-bond donors (Lipinski definition) is 0. The fraction of sp³-hybridized carbons (Fsp3) is 0.381. The van der Waals surface area contributed by atoms with E-state index in [1.165, 1.54) is 11.4 Å². The minimum Gasteiger partial charge on any atom is -0.378 e. The molecule has 0 radical (unpaired) electrons. The summed E-state index contributed by atoms with van der Waals surface area (Å²) < 4.78 is 2.93. The van der Waals surface area contributed by atoms with Crippen LogP contribution >= 0.6 is 19.4 Å². The number of pyridine rings is 2. The Morgan fingerprint density at radius 2 is 1.14 bits per heavy atom. The van der Waals surface area contributed by atoms with E-state index in [0.717, 1.165) is 0 Å². The maximum absolute atomic E-state index is 5.55. The molecule has 0 amide bonds. The smallest absolute Gasteiger partial charge is 0.0391 e. The molecule has 0 aromatic carbocycles. The molecule has 0 spiro atoms. The third-order valence-electron chi connectivity index (χ3n) is 2.92. The summed E-state index contributed by atoms with van der Waals surface area (Å²) in [6, 6.07) is 7.89. The quantitative estimate of drug-likeness (QED) is 0.383. The monoisotopic (exact) mass is 513 g/mol. The molecule has 0 aliphatic carbocycles. The fourth-order valence-electron chi connectivity index (χ4n) is 1.48. The molecule has 0 bridgehead atoms.